The fraction of sp³-hybridized carbons (Fsp3) is 0.350. The van der Waals surface area contributed by atoms with Gasteiger partial charge in [0.15, 0.2) is 17.3 Å². The Morgan fingerprint density at radius 1 is 1.25 bits per heavy atom. The van der Waals surface area contributed by atoms with Gasteiger partial charge in [-0.2, -0.15) is 4.98 Å². The Morgan fingerprint density at radius 3 is 2.79 bits per heavy atom. The number of nitrogens with zero attached hydrogens (tertiary/aromatic N) is 3. The van der Waals surface area contributed by atoms with Crippen LogP contribution in [0.4, 0.5) is 10.3 Å². The Labute approximate surface area is 161 Å². The highest BCUT2D eigenvalue weighted by molar-refractivity contribution is 5.76. The first-order valence-electron chi connectivity index (χ1n) is 9.16. The smallest absolute Gasteiger partial charge is 0.294 e. The molecule has 146 valence electrons. The molecule has 8 heteroatoms. The first kappa shape index (κ1) is 18.4. The summed E-state index contributed by atoms with van der Waals surface area (Å²) in [5, 5.41) is 3.92. The molecule has 0 atom stereocenters. The molecule has 1 aliphatic heterocycles. The number of aromatic nitrogens is 3. The number of rotatable bonds is 4. The van der Waals surface area contributed by atoms with E-state index in [0.717, 1.165) is 18.4 Å². The fourth-order valence-electron chi connectivity index (χ4n) is 3.19. The van der Waals surface area contributed by atoms with Crippen LogP contribution in [0.25, 0.3) is 11.0 Å². The van der Waals surface area contributed by atoms with Crippen LogP contribution in [0.1, 0.15) is 18.4 Å². The number of hydrogen-bond acceptors (Lipinski definition) is 6. The minimum Gasteiger partial charge on any atom is -0.448 e. The molecular formula is C20H21FN4O3. The molecule has 2 aromatic heterocycles. The Morgan fingerprint density at radius 2 is 2.04 bits per heavy atom. The Kier molecular flexibility index (Phi) is 4.95. The van der Waals surface area contributed by atoms with E-state index in [1.807, 2.05) is 0 Å². The minimum absolute atomic E-state index is 0.000715. The Hall–Kier alpha value is -3.00. The van der Waals surface area contributed by atoms with Gasteiger partial charge >= 0.3 is 0 Å². The van der Waals surface area contributed by atoms with Gasteiger partial charge in [-0.05, 0) is 43.5 Å². The summed E-state index contributed by atoms with van der Waals surface area (Å²) in [5.41, 5.74) is 0.851. The second-order valence-electron chi connectivity index (χ2n) is 6.91. The molecule has 0 amide bonds. The normalized spacial score (nSPS) is 15.0. The van der Waals surface area contributed by atoms with Crippen LogP contribution >= 0.6 is 0 Å². The summed E-state index contributed by atoms with van der Waals surface area (Å²) < 4.78 is 26.4. The molecule has 1 fully saturated rings. The van der Waals surface area contributed by atoms with Gasteiger partial charge in [-0.1, -0.05) is 6.07 Å². The number of nitrogens with one attached hydrogen (secondary N) is 1. The quantitative estimate of drug-likeness (QED) is 0.745. The molecule has 7 nitrogen and oxygen atoms in total. The molecule has 28 heavy (non-hydrogen) atoms. The van der Waals surface area contributed by atoms with Gasteiger partial charge in [0.2, 0.25) is 5.95 Å². The summed E-state index contributed by atoms with van der Waals surface area (Å²) in [6.45, 7) is 3.20. The van der Waals surface area contributed by atoms with Gasteiger partial charge in [0.05, 0.1) is 0 Å². The van der Waals surface area contributed by atoms with E-state index in [9.17, 15) is 9.18 Å². The lowest BCUT2D eigenvalue weighted by Gasteiger charge is -2.23. The van der Waals surface area contributed by atoms with Crippen LogP contribution in [0.2, 0.25) is 0 Å². The minimum atomic E-state index is -0.519. The van der Waals surface area contributed by atoms with Crippen molar-refractivity contribution in [3.05, 3.63) is 52.2 Å². The summed E-state index contributed by atoms with van der Waals surface area (Å²) in [5.74, 6) is -0.0330. The van der Waals surface area contributed by atoms with E-state index in [2.05, 4.69) is 15.3 Å². The van der Waals surface area contributed by atoms with E-state index < -0.39 is 11.4 Å². The molecule has 0 unspecified atom stereocenters. The molecule has 4 rings (SSSR count). The molecular weight excluding hydrogens is 363 g/mol. The predicted molar refractivity (Wildman–Crippen MR) is 103 cm³/mol. The molecule has 1 N–H and O–H groups in total. The molecule has 0 aliphatic carbocycles. The third kappa shape index (κ3) is 3.68. The number of halogens is 1. The molecule has 3 aromatic rings. The van der Waals surface area contributed by atoms with Crippen molar-refractivity contribution in [2.45, 2.75) is 25.8 Å². The van der Waals surface area contributed by atoms with Crippen LogP contribution in [-0.2, 0) is 11.8 Å². The second-order valence-corrected chi connectivity index (χ2v) is 6.91. The number of anilines is 1. The number of aryl methyl sites for hydroxylation is 2. The van der Waals surface area contributed by atoms with E-state index in [1.165, 1.54) is 22.8 Å². The average molecular weight is 384 g/mol. The maximum Gasteiger partial charge on any atom is 0.294 e. The van der Waals surface area contributed by atoms with Gasteiger partial charge in [0.25, 0.3) is 5.56 Å². The number of pyridine rings is 1. The molecule has 0 spiro atoms. The Balaban J connectivity index is 1.66. The van der Waals surface area contributed by atoms with Crippen LogP contribution in [0, 0.1) is 12.7 Å². The van der Waals surface area contributed by atoms with Gasteiger partial charge in [0, 0.05) is 37.9 Å². The highest BCUT2D eigenvalue weighted by Gasteiger charge is 2.16. The van der Waals surface area contributed by atoms with E-state index in [1.54, 1.807) is 26.2 Å². The third-order valence-corrected chi connectivity index (χ3v) is 4.78. The topological polar surface area (TPSA) is 78.3 Å². The van der Waals surface area contributed by atoms with Crippen molar-refractivity contribution in [1.29, 1.82) is 0 Å². The molecule has 1 aromatic carbocycles. The summed E-state index contributed by atoms with van der Waals surface area (Å²) in [7, 11) is 1.61. The zero-order chi connectivity index (χ0) is 19.7. The van der Waals surface area contributed by atoms with Crippen molar-refractivity contribution in [2.75, 3.05) is 18.5 Å². The summed E-state index contributed by atoms with van der Waals surface area (Å²) in [6.07, 6.45) is 3.40. The summed E-state index contributed by atoms with van der Waals surface area (Å²) >= 11 is 0. The van der Waals surface area contributed by atoms with Gasteiger partial charge in [-0.25, -0.2) is 9.37 Å². The van der Waals surface area contributed by atoms with Crippen molar-refractivity contribution in [2.24, 2.45) is 7.05 Å². The van der Waals surface area contributed by atoms with Gasteiger partial charge in [-0.15, -0.1) is 0 Å². The van der Waals surface area contributed by atoms with Crippen molar-refractivity contribution in [3.63, 3.8) is 0 Å². The van der Waals surface area contributed by atoms with Gasteiger partial charge in [-0.3, -0.25) is 9.36 Å². The van der Waals surface area contributed by atoms with Gasteiger partial charge < -0.3 is 14.8 Å². The highest BCUT2D eigenvalue weighted by Crippen LogP contribution is 2.25. The summed E-state index contributed by atoms with van der Waals surface area (Å²) in [4.78, 5) is 21.5. The van der Waals surface area contributed by atoms with Crippen molar-refractivity contribution >= 4 is 17.0 Å². The van der Waals surface area contributed by atoms with Crippen LogP contribution in [0.15, 0.2) is 35.3 Å². The Bertz CT molecular complexity index is 1080. The molecule has 3 heterocycles. The highest BCUT2D eigenvalue weighted by atomic mass is 19.1. The number of ether oxygens (including phenoxy) is 2. The number of benzene rings is 1. The van der Waals surface area contributed by atoms with Crippen molar-refractivity contribution < 1.29 is 13.9 Å². The SMILES string of the molecule is Cc1ccc(Oc2cc3cnc(NC4CCOCC4)nc3n(C)c2=O)c(F)c1. The second kappa shape index (κ2) is 7.55. The van der Waals surface area contributed by atoms with Crippen molar-refractivity contribution in [1.82, 2.24) is 14.5 Å². The maximum absolute atomic E-state index is 14.1. The zero-order valence-corrected chi connectivity index (χ0v) is 15.7. The van der Waals surface area contributed by atoms with E-state index in [0.29, 0.717) is 30.2 Å². The average Bonchev–Trinajstić information content (AvgIpc) is 2.69. The lowest BCUT2D eigenvalue weighted by atomic mass is 10.1. The van der Waals surface area contributed by atoms with Crippen LogP contribution in [0.5, 0.6) is 11.5 Å². The molecule has 0 radical (unpaired) electrons. The largest absolute Gasteiger partial charge is 0.448 e. The standard InChI is InChI=1S/C20H21FN4O3/c1-12-3-4-16(15(21)9-12)28-17-10-13-11-22-20(23-14-5-7-27-8-6-14)24-18(13)25(2)19(17)26/h3-4,9-11,14H,5-8H2,1-2H3,(H,22,23,24). The molecule has 0 saturated carbocycles. The molecule has 1 aliphatic rings. The maximum atomic E-state index is 14.1. The lowest BCUT2D eigenvalue weighted by molar-refractivity contribution is 0.0903. The molecule has 1 saturated heterocycles. The fourth-order valence-corrected chi connectivity index (χ4v) is 3.19. The first-order valence-corrected chi connectivity index (χ1v) is 9.16. The molecule has 0 bridgehead atoms. The van der Waals surface area contributed by atoms with E-state index >= 15 is 0 Å². The lowest BCUT2D eigenvalue weighted by Crippen LogP contribution is -2.29. The van der Waals surface area contributed by atoms with Crippen LogP contribution in [-0.4, -0.2) is 33.8 Å². The zero-order valence-electron chi connectivity index (χ0n) is 15.7. The third-order valence-electron chi connectivity index (χ3n) is 4.78. The van der Waals surface area contributed by atoms with Crippen LogP contribution < -0.4 is 15.6 Å². The summed E-state index contributed by atoms with van der Waals surface area (Å²) in [6, 6.07) is 6.37. The van der Waals surface area contributed by atoms with Gasteiger partial charge in [0.1, 0.15) is 5.65 Å². The van der Waals surface area contributed by atoms with E-state index in [4.69, 9.17) is 9.47 Å². The van der Waals surface area contributed by atoms with Crippen molar-refractivity contribution in [3.8, 4) is 11.5 Å². The van der Waals surface area contributed by atoms with Crippen LogP contribution in [0.3, 0.4) is 0 Å². The predicted octanol–water partition coefficient (Wildman–Crippen LogP) is 3.16. The monoisotopic (exact) mass is 384 g/mol. The number of hydrogen-bond donors (Lipinski definition) is 1. The first-order chi connectivity index (χ1) is 13.5. The van der Waals surface area contributed by atoms with E-state index in [-0.39, 0.29) is 17.5 Å². The number of fused-ring (bicyclic) bond motifs is 1.